The van der Waals surface area contributed by atoms with Gasteiger partial charge >= 0.3 is 0 Å². The first kappa shape index (κ1) is 15.4. The van der Waals surface area contributed by atoms with E-state index in [1.165, 1.54) is 24.2 Å². The molecule has 0 aromatic carbocycles. The van der Waals surface area contributed by atoms with Crippen molar-refractivity contribution in [3.63, 3.8) is 0 Å². The largest absolute Gasteiger partial charge is 0.348 e. The average molecular weight is 295 g/mol. The summed E-state index contributed by atoms with van der Waals surface area (Å²) in [7, 11) is 0. The molecule has 1 saturated carbocycles. The standard InChI is InChI=1S/C15H25N3OS/c1-3-4-12(16)15-18-13(9-20-15)14(19)17-11-7-5-10(2)6-8-11/h9-12H,3-8,16H2,1-2H3,(H,17,19). The van der Waals surface area contributed by atoms with Gasteiger partial charge in [-0.15, -0.1) is 11.3 Å². The molecule has 5 heteroatoms. The molecule has 1 amide bonds. The minimum absolute atomic E-state index is 0.0397. The van der Waals surface area contributed by atoms with Crippen LogP contribution in [0.1, 0.15) is 73.9 Å². The van der Waals surface area contributed by atoms with Crippen LogP contribution in [-0.2, 0) is 0 Å². The van der Waals surface area contributed by atoms with Crippen LogP contribution in [-0.4, -0.2) is 16.9 Å². The summed E-state index contributed by atoms with van der Waals surface area (Å²) < 4.78 is 0. The fourth-order valence-electron chi connectivity index (χ4n) is 2.66. The fourth-order valence-corrected chi connectivity index (χ4v) is 3.50. The van der Waals surface area contributed by atoms with Crippen LogP contribution in [0.2, 0.25) is 0 Å². The molecular weight excluding hydrogens is 270 g/mol. The highest BCUT2D eigenvalue weighted by Crippen LogP contribution is 2.24. The molecule has 1 heterocycles. The maximum absolute atomic E-state index is 12.2. The number of hydrogen-bond donors (Lipinski definition) is 2. The van der Waals surface area contributed by atoms with Crippen molar-refractivity contribution in [2.75, 3.05) is 0 Å². The molecule has 1 aliphatic rings. The van der Waals surface area contributed by atoms with Crippen LogP contribution in [0.3, 0.4) is 0 Å². The summed E-state index contributed by atoms with van der Waals surface area (Å²) in [6.45, 7) is 4.38. The molecule has 0 aliphatic heterocycles. The summed E-state index contributed by atoms with van der Waals surface area (Å²) in [6.07, 6.45) is 6.51. The maximum atomic E-state index is 12.2. The monoisotopic (exact) mass is 295 g/mol. The van der Waals surface area contributed by atoms with Gasteiger partial charge in [-0.2, -0.15) is 0 Å². The quantitative estimate of drug-likeness (QED) is 0.876. The molecule has 1 unspecified atom stereocenters. The molecule has 1 atom stereocenters. The average Bonchev–Trinajstić information content (AvgIpc) is 2.91. The Bertz CT molecular complexity index is 438. The van der Waals surface area contributed by atoms with E-state index in [9.17, 15) is 4.79 Å². The summed E-state index contributed by atoms with van der Waals surface area (Å²) in [6, 6.07) is 0.273. The Morgan fingerprint density at radius 2 is 2.20 bits per heavy atom. The molecule has 2 rings (SSSR count). The molecule has 3 N–H and O–H groups in total. The van der Waals surface area contributed by atoms with Gasteiger partial charge in [0.2, 0.25) is 0 Å². The second-order valence-corrected chi connectivity index (χ2v) is 6.79. The molecule has 1 aromatic rings. The Hall–Kier alpha value is -0.940. The van der Waals surface area contributed by atoms with Crippen molar-refractivity contribution in [3.05, 3.63) is 16.1 Å². The second kappa shape index (κ2) is 7.18. The van der Waals surface area contributed by atoms with E-state index in [2.05, 4.69) is 24.1 Å². The minimum Gasteiger partial charge on any atom is -0.348 e. The number of aromatic nitrogens is 1. The van der Waals surface area contributed by atoms with E-state index < -0.39 is 0 Å². The van der Waals surface area contributed by atoms with E-state index >= 15 is 0 Å². The van der Waals surface area contributed by atoms with Gasteiger partial charge in [0.1, 0.15) is 10.7 Å². The van der Waals surface area contributed by atoms with Crippen molar-refractivity contribution in [2.45, 2.75) is 64.5 Å². The second-order valence-electron chi connectivity index (χ2n) is 5.90. The molecule has 0 bridgehead atoms. The summed E-state index contributed by atoms with van der Waals surface area (Å²) in [5.41, 5.74) is 6.56. The van der Waals surface area contributed by atoms with Crippen LogP contribution in [0.25, 0.3) is 0 Å². The Morgan fingerprint density at radius 3 is 2.85 bits per heavy atom. The smallest absolute Gasteiger partial charge is 0.270 e. The molecule has 1 fully saturated rings. The molecule has 4 nitrogen and oxygen atoms in total. The van der Waals surface area contributed by atoms with E-state index in [1.54, 1.807) is 0 Å². The minimum atomic E-state index is -0.0456. The Kier molecular flexibility index (Phi) is 5.54. The van der Waals surface area contributed by atoms with Crippen LogP contribution >= 0.6 is 11.3 Å². The van der Waals surface area contributed by atoms with Gasteiger partial charge < -0.3 is 11.1 Å². The van der Waals surface area contributed by atoms with Crippen LogP contribution in [0.15, 0.2) is 5.38 Å². The lowest BCUT2D eigenvalue weighted by Gasteiger charge is -2.26. The predicted molar refractivity (Wildman–Crippen MR) is 82.8 cm³/mol. The number of thiazole rings is 1. The summed E-state index contributed by atoms with van der Waals surface area (Å²) in [5, 5.41) is 5.80. The summed E-state index contributed by atoms with van der Waals surface area (Å²) in [4.78, 5) is 16.6. The number of carbonyl (C=O) groups excluding carboxylic acids is 1. The molecular formula is C15H25N3OS. The molecule has 0 saturated heterocycles. The van der Waals surface area contributed by atoms with E-state index in [1.807, 2.05) is 5.38 Å². The summed E-state index contributed by atoms with van der Waals surface area (Å²) in [5.74, 6) is 0.747. The van der Waals surface area contributed by atoms with E-state index in [0.29, 0.717) is 11.7 Å². The number of rotatable bonds is 5. The van der Waals surface area contributed by atoms with Gasteiger partial charge in [0, 0.05) is 11.4 Å². The normalized spacial score (nSPS) is 24.4. The Morgan fingerprint density at radius 1 is 1.50 bits per heavy atom. The first-order valence-electron chi connectivity index (χ1n) is 7.62. The van der Waals surface area contributed by atoms with Crippen molar-refractivity contribution in [2.24, 2.45) is 11.7 Å². The van der Waals surface area contributed by atoms with Crippen LogP contribution in [0.5, 0.6) is 0 Å². The number of carbonyl (C=O) groups is 1. The first-order valence-corrected chi connectivity index (χ1v) is 8.50. The highest BCUT2D eigenvalue weighted by atomic mass is 32.1. The molecule has 20 heavy (non-hydrogen) atoms. The van der Waals surface area contributed by atoms with Gasteiger partial charge in [0.05, 0.1) is 6.04 Å². The lowest BCUT2D eigenvalue weighted by atomic mass is 9.87. The number of amides is 1. The topological polar surface area (TPSA) is 68.0 Å². The van der Waals surface area contributed by atoms with Gasteiger partial charge in [0.25, 0.3) is 5.91 Å². The highest BCUT2D eigenvalue weighted by molar-refractivity contribution is 7.09. The third-order valence-electron chi connectivity index (χ3n) is 4.02. The molecule has 1 aromatic heterocycles. The van der Waals surface area contributed by atoms with Crippen molar-refractivity contribution in [1.29, 1.82) is 0 Å². The number of nitrogens with two attached hydrogens (primary N) is 1. The van der Waals surface area contributed by atoms with Crippen LogP contribution in [0.4, 0.5) is 0 Å². The van der Waals surface area contributed by atoms with Crippen LogP contribution in [0, 0.1) is 5.92 Å². The Balaban J connectivity index is 1.89. The zero-order valence-corrected chi connectivity index (χ0v) is 13.2. The predicted octanol–water partition coefficient (Wildman–Crippen LogP) is 3.25. The zero-order valence-electron chi connectivity index (χ0n) is 12.4. The third kappa shape index (κ3) is 4.03. The lowest BCUT2D eigenvalue weighted by Crippen LogP contribution is -2.37. The molecule has 112 valence electrons. The maximum Gasteiger partial charge on any atom is 0.270 e. The van der Waals surface area contributed by atoms with Crippen molar-refractivity contribution in [3.8, 4) is 0 Å². The first-order chi connectivity index (χ1) is 9.60. The number of nitrogens with zero attached hydrogens (tertiary/aromatic N) is 1. The Labute approximate surface area is 125 Å². The SMILES string of the molecule is CCCC(N)c1nc(C(=O)NC2CCC(C)CC2)cs1. The molecule has 0 spiro atoms. The van der Waals surface area contributed by atoms with Gasteiger partial charge in [-0.05, 0) is 38.0 Å². The third-order valence-corrected chi connectivity index (χ3v) is 5.00. The van der Waals surface area contributed by atoms with Gasteiger partial charge in [-0.3, -0.25) is 4.79 Å². The van der Waals surface area contributed by atoms with Crippen molar-refractivity contribution < 1.29 is 4.79 Å². The highest BCUT2D eigenvalue weighted by Gasteiger charge is 2.21. The summed E-state index contributed by atoms with van der Waals surface area (Å²) >= 11 is 1.49. The van der Waals surface area contributed by atoms with E-state index in [-0.39, 0.29) is 11.9 Å². The van der Waals surface area contributed by atoms with Gasteiger partial charge in [-0.25, -0.2) is 4.98 Å². The zero-order chi connectivity index (χ0) is 14.5. The number of nitrogens with one attached hydrogen (secondary N) is 1. The molecule has 0 radical (unpaired) electrons. The van der Waals surface area contributed by atoms with Crippen LogP contribution < -0.4 is 11.1 Å². The fraction of sp³-hybridized carbons (Fsp3) is 0.733. The van der Waals surface area contributed by atoms with Crippen molar-refractivity contribution >= 4 is 17.2 Å². The van der Waals surface area contributed by atoms with Crippen molar-refractivity contribution in [1.82, 2.24) is 10.3 Å². The van der Waals surface area contributed by atoms with E-state index in [4.69, 9.17) is 5.73 Å². The lowest BCUT2D eigenvalue weighted by molar-refractivity contribution is 0.0918. The van der Waals surface area contributed by atoms with E-state index in [0.717, 1.165) is 36.6 Å². The van der Waals surface area contributed by atoms with Gasteiger partial charge in [0.15, 0.2) is 0 Å². The van der Waals surface area contributed by atoms with Gasteiger partial charge in [-0.1, -0.05) is 20.3 Å². The number of hydrogen-bond acceptors (Lipinski definition) is 4. The molecule has 1 aliphatic carbocycles.